The number of esters is 3. The van der Waals surface area contributed by atoms with E-state index in [-0.39, 0.29) is 32.5 Å². The second-order valence-electron chi connectivity index (χ2n) is 16.7. The van der Waals surface area contributed by atoms with Crippen LogP contribution in [0.4, 0.5) is 0 Å². The second kappa shape index (κ2) is 56.1. The Bertz CT molecular complexity index is 1720. The molecule has 0 amide bonds. The minimum Gasteiger partial charge on any atom is -0.462 e. The fourth-order valence-electron chi connectivity index (χ4n) is 6.21. The van der Waals surface area contributed by atoms with E-state index >= 15 is 0 Å². The predicted molar refractivity (Wildman–Crippen MR) is 301 cm³/mol. The molecule has 70 heavy (non-hydrogen) atoms. The first-order valence-electron chi connectivity index (χ1n) is 26.8. The minimum atomic E-state index is -0.878. The molecule has 0 N–H and O–H groups in total. The van der Waals surface area contributed by atoms with E-state index in [9.17, 15) is 14.4 Å². The van der Waals surface area contributed by atoms with Gasteiger partial charge in [0.05, 0.1) is 0 Å². The fourth-order valence-corrected chi connectivity index (χ4v) is 6.21. The number of carbonyl (C=O) groups excluding carboxylic acids is 3. The Kier molecular flexibility index (Phi) is 51.7. The molecule has 0 aromatic carbocycles. The summed E-state index contributed by atoms with van der Waals surface area (Å²) in [5, 5.41) is 0. The van der Waals surface area contributed by atoms with E-state index in [4.69, 9.17) is 14.2 Å². The Morgan fingerprint density at radius 1 is 0.300 bits per heavy atom. The molecule has 0 aliphatic carbocycles. The zero-order valence-corrected chi connectivity index (χ0v) is 43.9. The van der Waals surface area contributed by atoms with Crippen molar-refractivity contribution in [3.63, 3.8) is 0 Å². The van der Waals surface area contributed by atoms with Crippen LogP contribution >= 0.6 is 0 Å². The molecule has 6 heteroatoms. The van der Waals surface area contributed by atoms with Crippen molar-refractivity contribution < 1.29 is 28.6 Å². The summed E-state index contributed by atoms with van der Waals surface area (Å²) in [7, 11) is 0. The van der Waals surface area contributed by atoms with Crippen molar-refractivity contribution in [2.75, 3.05) is 13.2 Å². The van der Waals surface area contributed by atoms with Crippen LogP contribution in [-0.4, -0.2) is 37.2 Å². The molecule has 0 aromatic rings. The number of allylic oxidation sites excluding steroid dienone is 30. The van der Waals surface area contributed by atoms with Crippen LogP contribution in [0.2, 0.25) is 0 Å². The molecule has 0 radical (unpaired) electrons. The highest BCUT2D eigenvalue weighted by Crippen LogP contribution is 2.08. The lowest BCUT2D eigenvalue weighted by molar-refractivity contribution is -0.166. The average Bonchev–Trinajstić information content (AvgIpc) is 3.36. The van der Waals surface area contributed by atoms with Crippen molar-refractivity contribution in [1.82, 2.24) is 0 Å². The number of ether oxygens (including phenoxy) is 3. The summed E-state index contributed by atoms with van der Waals surface area (Å²) >= 11 is 0. The quantitative estimate of drug-likeness (QED) is 0.0262. The maximum atomic E-state index is 12.8. The van der Waals surface area contributed by atoms with Crippen molar-refractivity contribution >= 4 is 17.9 Å². The number of carbonyl (C=O) groups is 3. The Labute approximate surface area is 427 Å². The van der Waals surface area contributed by atoms with Crippen LogP contribution in [0.15, 0.2) is 182 Å². The first kappa shape index (κ1) is 64.5. The van der Waals surface area contributed by atoms with Gasteiger partial charge < -0.3 is 14.2 Å². The summed E-state index contributed by atoms with van der Waals surface area (Å²) < 4.78 is 16.6. The maximum Gasteiger partial charge on any atom is 0.306 e. The van der Waals surface area contributed by atoms with E-state index in [1.807, 2.05) is 24.3 Å². The van der Waals surface area contributed by atoms with Crippen LogP contribution in [0.25, 0.3) is 0 Å². The lowest BCUT2D eigenvalue weighted by Gasteiger charge is -2.18. The van der Waals surface area contributed by atoms with Crippen LogP contribution in [-0.2, 0) is 28.6 Å². The summed E-state index contributed by atoms with van der Waals surface area (Å²) in [4.78, 5) is 38.0. The standard InChI is InChI=1S/C64H94O6/c1-4-7-10-13-16-19-22-25-28-31-32-34-36-39-42-45-48-51-54-57-63(66)69-60-61(59-68-62(65)56-53-50-47-44-41-38-35-30-27-24-21-18-15-12-9-6-3)70-64(67)58-55-52-49-46-43-40-37-33-29-26-23-20-17-14-11-8-5-2/h7,9-10,12,16-21,25-30,32,34,37-42,46-51,61H,4-6,8,11,13-15,22-24,31,33,35-36,43-45,52-60H2,1-3H3/b10-7-,12-9-,19-16-,20-17-,21-18-,28-25-,29-26-,30-27-,34-32-,40-37-,41-38-,42-39-,49-46-,50-47-,51-48-. The van der Waals surface area contributed by atoms with Crippen molar-refractivity contribution in [3.05, 3.63) is 182 Å². The van der Waals surface area contributed by atoms with Crippen molar-refractivity contribution in [3.8, 4) is 0 Å². The molecular weight excluding hydrogens is 865 g/mol. The third-order valence-corrected chi connectivity index (χ3v) is 10.2. The van der Waals surface area contributed by atoms with Crippen LogP contribution in [0.1, 0.15) is 181 Å². The SMILES string of the molecule is CC/C=C\C/C=C\C/C=C\C/C=C\C/C=C\C/C=C\CCC(=O)OCC(COC(=O)CC/C=C\C/C=C\C/C=C\C/C=C\C/C=C\CC)OC(=O)CCC/C=C\C/C=C\C/C=C\C/C=C\CCCCC. The lowest BCUT2D eigenvalue weighted by atomic mass is 10.2. The largest absolute Gasteiger partial charge is 0.462 e. The van der Waals surface area contributed by atoms with Crippen molar-refractivity contribution in [1.29, 1.82) is 0 Å². The topological polar surface area (TPSA) is 78.9 Å². The molecule has 0 saturated carbocycles. The average molecular weight is 959 g/mol. The highest BCUT2D eigenvalue weighted by molar-refractivity contribution is 5.71. The van der Waals surface area contributed by atoms with E-state index in [1.165, 1.54) is 25.7 Å². The fraction of sp³-hybridized carbons (Fsp3) is 0.484. The van der Waals surface area contributed by atoms with E-state index in [0.717, 1.165) is 96.3 Å². The Balaban J connectivity index is 4.74. The first-order valence-corrected chi connectivity index (χ1v) is 26.8. The molecule has 0 aromatic heterocycles. The highest BCUT2D eigenvalue weighted by atomic mass is 16.6. The molecule has 386 valence electrons. The van der Waals surface area contributed by atoms with Gasteiger partial charge in [0, 0.05) is 19.3 Å². The van der Waals surface area contributed by atoms with Gasteiger partial charge >= 0.3 is 17.9 Å². The van der Waals surface area contributed by atoms with Gasteiger partial charge in [0.15, 0.2) is 6.10 Å². The number of rotatable bonds is 45. The van der Waals surface area contributed by atoms with Crippen LogP contribution < -0.4 is 0 Å². The molecule has 0 heterocycles. The van der Waals surface area contributed by atoms with Crippen molar-refractivity contribution in [2.24, 2.45) is 0 Å². The normalized spacial score (nSPS) is 13.6. The van der Waals surface area contributed by atoms with E-state index < -0.39 is 24.0 Å². The molecule has 0 saturated heterocycles. The van der Waals surface area contributed by atoms with Gasteiger partial charge in [-0.2, -0.15) is 0 Å². The smallest absolute Gasteiger partial charge is 0.306 e. The van der Waals surface area contributed by atoms with Crippen molar-refractivity contribution in [2.45, 2.75) is 187 Å². The third-order valence-electron chi connectivity index (χ3n) is 10.2. The van der Waals surface area contributed by atoms with E-state index in [1.54, 1.807) is 0 Å². The zero-order valence-electron chi connectivity index (χ0n) is 43.9. The predicted octanol–water partition coefficient (Wildman–Crippen LogP) is 18.1. The molecule has 0 aliphatic rings. The molecule has 0 bridgehead atoms. The van der Waals surface area contributed by atoms with E-state index in [0.29, 0.717) is 19.3 Å². The van der Waals surface area contributed by atoms with Gasteiger partial charge in [-0.1, -0.05) is 216 Å². The third kappa shape index (κ3) is 53.5. The summed E-state index contributed by atoms with van der Waals surface area (Å²) in [6, 6.07) is 0. The molecule has 0 spiro atoms. The summed E-state index contributed by atoms with van der Waals surface area (Å²) in [6.45, 7) is 6.17. The summed E-state index contributed by atoms with van der Waals surface area (Å²) in [5.41, 5.74) is 0. The molecule has 6 nitrogen and oxygen atoms in total. The van der Waals surface area contributed by atoms with Crippen LogP contribution in [0.5, 0.6) is 0 Å². The highest BCUT2D eigenvalue weighted by Gasteiger charge is 2.19. The molecule has 1 atom stereocenters. The summed E-state index contributed by atoms with van der Waals surface area (Å²) in [6.07, 6.45) is 84.8. The van der Waals surface area contributed by atoms with Gasteiger partial charge in [-0.3, -0.25) is 14.4 Å². The zero-order chi connectivity index (χ0) is 50.7. The second-order valence-corrected chi connectivity index (χ2v) is 16.7. The Morgan fingerprint density at radius 3 is 0.871 bits per heavy atom. The number of unbranched alkanes of at least 4 members (excludes halogenated alkanes) is 4. The summed E-state index contributed by atoms with van der Waals surface area (Å²) in [5.74, 6) is -1.21. The van der Waals surface area contributed by atoms with Crippen LogP contribution in [0.3, 0.4) is 0 Å². The van der Waals surface area contributed by atoms with Gasteiger partial charge in [-0.15, -0.1) is 0 Å². The van der Waals surface area contributed by atoms with Gasteiger partial charge in [-0.05, 0) is 128 Å². The number of hydrogen-bond acceptors (Lipinski definition) is 6. The monoisotopic (exact) mass is 959 g/mol. The molecule has 1 unspecified atom stereocenters. The Hall–Kier alpha value is -5.49. The lowest BCUT2D eigenvalue weighted by Crippen LogP contribution is -2.30. The van der Waals surface area contributed by atoms with Gasteiger partial charge in [-0.25, -0.2) is 0 Å². The molecule has 0 fully saturated rings. The van der Waals surface area contributed by atoms with E-state index in [2.05, 4.69) is 179 Å². The molecular formula is C64H94O6. The van der Waals surface area contributed by atoms with Gasteiger partial charge in [0.25, 0.3) is 0 Å². The maximum absolute atomic E-state index is 12.8. The Morgan fingerprint density at radius 2 is 0.571 bits per heavy atom. The first-order chi connectivity index (χ1) is 34.5. The minimum absolute atomic E-state index is 0.173. The van der Waals surface area contributed by atoms with Gasteiger partial charge in [0.2, 0.25) is 0 Å². The molecule has 0 rings (SSSR count). The van der Waals surface area contributed by atoms with Crippen LogP contribution in [0, 0.1) is 0 Å². The van der Waals surface area contributed by atoms with Gasteiger partial charge in [0.1, 0.15) is 13.2 Å². The molecule has 0 aliphatic heterocycles. The number of hydrogen-bond donors (Lipinski definition) is 0.